The smallest absolute Gasteiger partial charge is 0.258 e. The van der Waals surface area contributed by atoms with E-state index in [4.69, 9.17) is 9.47 Å². The van der Waals surface area contributed by atoms with Crippen LogP contribution < -0.4 is 4.74 Å². The van der Waals surface area contributed by atoms with E-state index in [9.17, 15) is 9.59 Å². The maximum absolute atomic E-state index is 13.5. The number of piperazine rings is 1. The summed E-state index contributed by atoms with van der Waals surface area (Å²) in [6.07, 6.45) is 1.42. The lowest BCUT2D eigenvalue weighted by molar-refractivity contribution is -0.138. The highest BCUT2D eigenvalue weighted by Crippen LogP contribution is 2.36. The summed E-state index contributed by atoms with van der Waals surface area (Å²) in [7, 11) is 2.06. The van der Waals surface area contributed by atoms with E-state index in [1.54, 1.807) is 4.90 Å². The van der Waals surface area contributed by atoms with E-state index in [0.29, 0.717) is 57.0 Å². The van der Waals surface area contributed by atoms with E-state index < -0.39 is 11.6 Å². The van der Waals surface area contributed by atoms with Gasteiger partial charge in [0.25, 0.3) is 5.91 Å². The number of ether oxygens (including phenoxy) is 2. The molecule has 0 N–H and O–H groups in total. The second kappa shape index (κ2) is 7.95. The van der Waals surface area contributed by atoms with Crippen LogP contribution in [0.25, 0.3) is 0 Å². The third-order valence-electron chi connectivity index (χ3n) is 6.46. The third-order valence-corrected chi connectivity index (χ3v) is 6.46. The summed E-state index contributed by atoms with van der Waals surface area (Å²) in [4.78, 5) is 32.6. The van der Waals surface area contributed by atoms with Crippen molar-refractivity contribution in [1.82, 2.24) is 14.7 Å². The summed E-state index contributed by atoms with van der Waals surface area (Å²) in [5.41, 5.74) is 1.04. The van der Waals surface area contributed by atoms with Gasteiger partial charge in [0, 0.05) is 39.0 Å². The molecule has 0 saturated carbocycles. The molecule has 1 spiro atoms. The quantitative estimate of drug-likeness (QED) is 0.752. The Balaban J connectivity index is 1.65. The summed E-state index contributed by atoms with van der Waals surface area (Å²) < 4.78 is 12.0. The van der Waals surface area contributed by atoms with Crippen molar-refractivity contribution in [3.05, 3.63) is 29.3 Å². The molecule has 2 amide bonds. The lowest BCUT2D eigenvalue weighted by Gasteiger charge is -2.41. The SMILES string of the molecule is Cc1ccc2c(c1)C(=O)N([C@@H](C)C(=O)N1CCN(C)CC1)CC1(CCOCC1)O2. The molecule has 0 aliphatic carbocycles. The topological polar surface area (TPSA) is 62.3 Å². The molecular formula is C22H31N3O4. The average Bonchev–Trinajstić information content (AvgIpc) is 2.83. The minimum Gasteiger partial charge on any atom is -0.484 e. The van der Waals surface area contributed by atoms with Crippen LogP contribution >= 0.6 is 0 Å². The van der Waals surface area contributed by atoms with E-state index >= 15 is 0 Å². The first-order valence-electron chi connectivity index (χ1n) is 10.5. The van der Waals surface area contributed by atoms with Crippen molar-refractivity contribution in [2.45, 2.75) is 38.3 Å². The molecular weight excluding hydrogens is 370 g/mol. The van der Waals surface area contributed by atoms with E-state index in [1.165, 1.54) is 0 Å². The van der Waals surface area contributed by atoms with E-state index in [2.05, 4.69) is 11.9 Å². The normalized spacial score (nSPS) is 23.3. The Bertz CT molecular complexity index is 782. The molecule has 7 heteroatoms. The number of hydrogen-bond acceptors (Lipinski definition) is 5. The highest BCUT2D eigenvalue weighted by Gasteiger charge is 2.44. The molecule has 0 radical (unpaired) electrons. The molecule has 2 fully saturated rings. The molecule has 1 aromatic rings. The molecule has 7 nitrogen and oxygen atoms in total. The minimum absolute atomic E-state index is 0.0183. The average molecular weight is 402 g/mol. The van der Waals surface area contributed by atoms with Crippen LogP contribution in [0.4, 0.5) is 0 Å². The number of hydrogen-bond donors (Lipinski definition) is 0. The second-order valence-corrected chi connectivity index (χ2v) is 8.63. The van der Waals surface area contributed by atoms with Crippen LogP contribution in [0.3, 0.4) is 0 Å². The number of rotatable bonds is 2. The molecule has 29 heavy (non-hydrogen) atoms. The molecule has 3 heterocycles. The standard InChI is InChI=1S/C22H31N3O4/c1-16-4-5-19-18(14-16)21(27)25(15-22(29-19)6-12-28-13-7-22)17(2)20(26)24-10-8-23(3)9-11-24/h4-5,14,17H,6-13,15H2,1-3H3/t17-/m0/s1. The Labute approximate surface area is 172 Å². The first kappa shape index (κ1) is 20.2. The zero-order chi connectivity index (χ0) is 20.6. The molecule has 1 atom stereocenters. The van der Waals surface area contributed by atoms with Gasteiger partial charge in [0.2, 0.25) is 5.91 Å². The summed E-state index contributed by atoms with van der Waals surface area (Å²) >= 11 is 0. The van der Waals surface area contributed by atoms with Crippen molar-refractivity contribution in [2.75, 3.05) is 53.0 Å². The lowest BCUT2D eigenvalue weighted by Crippen LogP contribution is -2.58. The molecule has 0 unspecified atom stereocenters. The van der Waals surface area contributed by atoms with Gasteiger partial charge in [-0.05, 0) is 33.0 Å². The van der Waals surface area contributed by atoms with E-state index in [-0.39, 0.29) is 11.8 Å². The van der Waals surface area contributed by atoms with Gasteiger partial charge in [-0.1, -0.05) is 11.6 Å². The molecule has 158 valence electrons. The molecule has 4 rings (SSSR count). The minimum atomic E-state index is -0.527. The van der Waals surface area contributed by atoms with Crippen molar-refractivity contribution in [3.63, 3.8) is 0 Å². The first-order valence-corrected chi connectivity index (χ1v) is 10.5. The zero-order valence-electron chi connectivity index (χ0n) is 17.6. The predicted molar refractivity (Wildman–Crippen MR) is 109 cm³/mol. The summed E-state index contributed by atoms with van der Waals surface area (Å²) in [5, 5.41) is 0. The van der Waals surface area contributed by atoms with Gasteiger partial charge in [0.05, 0.1) is 25.3 Å². The second-order valence-electron chi connectivity index (χ2n) is 8.63. The number of nitrogens with zero attached hydrogens (tertiary/aromatic N) is 3. The van der Waals surface area contributed by atoms with E-state index in [0.717, 1.165) is 18.7 Å². The zero-order valence-corrected chi connectivity index (χ0v) is 17.6. The fourth-order valence-corrected chi connectivity index (χ4v) is 4.44. The van der Waals surface area contributed by atoms with Crippen LogP contribution in [0.2, 0.25) is 0 Å². The number of fused-ring (bicyclic) bond motifs is 1. The number of benzene rings is 1. The van der Waals surface area contributed by atoms with Crippen LogP contribution in [-0.4, -0.2) is 91.1 Å². The fourth-order valence-electron chi connectivity index (χ4n) is 4.44. The van der Waals surface area contributed by atoms with Gasteiger partial charge < -0.3 is 24.2 Å². The van der Waals surface area contributed by atoms with Crippen molar-refractivity contribution in [1.29, 1.82) is 0 Å². The van der Waals surface area contributed by atoms with Crippen molar-refractivity contribution in [3.8, 4) is 5.75 Å². The van der Waals surface area contributed by atoms with Crippen molar-refractivity contribution < 1.29 is 19.1 Å². The maximum atomic E-state index is 13.5. The fraction of sp³-hybridized carbons (Fsp3) is 0.636. The van der Waals surface area contributed by atoms with Gasteiger partial charge in [-0.2, -0.15) is 0 Å². The van der Waals surface area contributed by atoms with Gasteiger partial charge in [0.15, 0.2) is 0 Å². The summed E-state index contributed by atoms with van der Waals surface area (Å²) in [6, 6.07) is 5.19. The number of aryl methyl sites for hydroxylation is 1. The predicted octanol–water partition coefficient (Wildman–Crippen LogP) is 1.54. The molecule has 1 aromatic carbocycles. The largest absolute Gasteiger partial charge is 0.484 e. The Kier molecular flexibility index (Phi) is 5.53. The van der Waals surface area contributed by atoms with Crippen LogP contribution in [0, 0.1) is 6.92 Å². The number of carbonyl (C=O) groups excluding carboxylic acids is 2. The highest BCUT2D eigenvalue weighted by molar-refractivity contribution is 6.00. The highest BCUT2D eigenvalue weighted by atomic mass is 16.5. The third kappa shape index (κ3) is 3.98. The first-order chi connectivity index (χ1) is 13.9. The molecule has 3 aliphatic rings. The number of likely N-dealkylation sites (N-methyl/N-ethyl adjacent to an activating group) is 1. The Morgan fingerprint density at radius 2 is 1.83 bits per heavy atom. The van der Waals surface area contributed by atoms with Crippen molar-refractivity contribution in [2.24, 2.45) is 0 Å². The van der Waals surface area contributed by atoms with Gasteiger partial charge in [-0.25, -0.2) is 0 Å². The van der Waals surface area contributed by atoms with Gasteiger partial charge in [-0.15, -0.1) is 0 Å². The van der Waals surface area contributed by atoms with Gasteiger partial charge >= 0.3 is 0 Å². The Morgan fingerprint density at radius 3 is 2.52 bits per heavy atom. The maximum Gasteiger partial charge on any atom is 0.258 e. The van der Waals surface area contributed by atoms with Gasteiger partial charge in [-0.3, -0.25) is 9.59 Å². The number of amides is 2. The van der Waals surface area contributed by atoms with Crippen molar-refractivity contribution >= 4 is 11.8 Å². The monoisotopic (exact) mass is 401 g/mol. The summed E-state index contributed by atoms with van der Waals surface area (Å²) in [5.74, 6) is 0.510. The van der Waals surface area contributed by atoms with E-state index in [1.807, 2.05) is 36.9 Å². The Morgan fingerprint density at radius 1 is 1.14 bits per heavy atom. The van der Waals surface area contributed by atoms with Crippen LogP contribution in [0.5, 0.6) is 5.75 Å². The van der Waals surface area contributed by atoms with Crippen LogP contribution in [0.15, 0.2) is 18.2 Å². The lowest BCUT2D eigenvalue weighted by atomic mass is 9.92. The molecule has 0 bridgehead atoms. The molecule has 3 aliphatic heterocycles. The molecule has 2 saturated heterocycles. The molecule has 0 aromatic heterocycles. The van der Waals surface area contributed by atoms with Crippen LogP contribution in [0.1, 0.15) is 35.7 Å². The Hall–Kier alpha value is -2.12. The number of carbonyl (C=O) groups is 2. The summed E-state index contributed by atoms with van der Waals surface area (Å²) in [6.45, 7) is 8.55. The van der Waals surface area contributed by atoms with Crippen LogP contribution in [-0.2, 0) is 9.53 Å². The van der Waals surface area contributed by atoms with Gasteiger partial charge in [0.1, 0.15) is 17.4 Å².